The van der Waals surface area contributed by atoms with Gasteiger partial charge in [-0.25, -0.2) is 9.07 Å². The second-order valence-electron chi connectivity index (χ2n) is 5.26. The molecule has 0 aliphatic carbocycles. The fourth-order valence-electron chi connectivity index (χ4n) is 1.78. The Kier molecular flexibility index (Phi) is 5.12. The smallest absolute Gasteiger partial charge is 0.269 e. The zero-order valence-corrected chi connectivity index (χ0v) is 13.5. The van der Waals surface area contributed by atoms with Crippen molar-refractivity contribution in [1.82, 2.24) is 9.78 Å². The molecule has 0 fully saturated rings. The lowest BCUT2D eigenvalue weighted by atomic mass is 10.2. The largest absolute Gasteiger partial charge is 0.383 e. The minimum absolute atomic E-state index is 0.191. The van der Waals surface area contributed by atoms with E-state index in [1.54, 1.807) is 18.3 Å². The lowest BCUT2D eigenvalue weighted by Gasteiger charge is -2.10. The fourth-order valence-corrected chi connectivity index (χ4v) is 2.21. The number of hydrogen-bond donors (Lipinski definition) is 1. The van der Waals surface area contributed by atoms with Gasteiger partial charge in [-0.05, 0) is 39.5 Å². The van der Waals surface area contributed by atoms with Gasteiger partial charge in [0.05, 0.1) is 22.9 Å². The zero-order valence-electron chi connectivity index (χ0n) is 11.9. The highest BCUT2D eigenvalue weighted by Crippen LogP contribution is 2.17. The van der Waals surface area contributed by atoms with Gasteiger partial charge >= 0.3 is 0 Å². The number of halogens is 2. The van der Waals surface area contributed by atoms with Gasteiger partial charge in [0, 0.05) is 12.6 Å². The van der Waals surface area contributed by atoms with Gasteiger partial charge in [-0.1, -0.05) is 19.9 Å². The van der Waals surface area contributed by atoms with Crippen LogP contribution in [0, 0.1) is 11.7 Å². The monoisotopic (exact) mass is 353 g/mol. The van der Waals surface area contributed by atoms with E-state index < -0.39 is 0 Å². The van der Waals surface area contributed by atoms with Crippen molar-refractivity contribution in [3.63, 3.8) is 0 Å². The fraction of sp³-hybridized carbons (Fsp3) is 0.333. The van der Waals surface area contributed by atoms with Crippen molar-refractivity contribution in [3.05, 3.63) is 56.7 Å². The predicted molar refractivity (Wildman–Crippen MR) is 85.0 cm³/mol. The van der Waals surface area contributed by atoms with E-state index in [2.05, 4.69) is 40.2 Å². The summed E-state index contributed by atoms with van der Waals surface area (Å²) in [4.78, 5) is 12.0. The van der Waals surface area contributed by atoms with Crippen LogP contribution in [0.3, 0.4) is 0 Å². The highest BCUT2D eigenvalue weighted by Gasteiger charge is 2.05. The number of rotatable bonds is 5. The summed E-state index contributed by atoms with van der Waals surface area (Å²) in [5, 5.41) is 7.30. The van der Waals surface area contributed by atoms with Gasteiger partial charge in [-0.2, -0.15) is 5.10 Å². The maximum absolute atomic E-state index is 13.2. The molecule has 0 saturated heterocycles. The second kappa shape index (κ2) is 6.85. The van der Waals surface area contributed by atoms with Crippen LogP contribution < -0.4 is 10.9 Å². The molecule has 0 bridgehead atoms. The average Bonchev–Trinajstić information content (AvgIpc) is 2.43. The molecule has 4 nitrogen and oxygen atoms in total. The molecule has 21 heavy (non-hydrogen) atoms. The molecule has 0 saturated carbocycles. The van der Waals surface area contributed by atoms with Gasteiger partial charge in [0.1, 0.15) is 5.82 Å². The molecule has 0 spiro atoms. The van der Waals surface area contributed by atoms with Crippen molar-refractivity contribution < 1.29 is 4.39 Å². The molecule has 0 amide bonds. The van der Waals surface area contributed by atoms with Crippen molar-refractivity contribution in [3.8, 4) is 0 Å². The summed E-state index contributed by atoms with van der Waals surface area (Å²) < 4.78 is 14.9. The van der Waals surface area contributed by atoms with Crippen LogP contribution in [0.2, 0.25) is 0 Å². The molecule has 6 heteroatoms. The van der Waals surface area contributed by atoms with Gasteiger partial charge in [-0.3, -0.25) is 4.79 Å². The minimum Gasteiger partial charge on any atom is -0.383 e. The summed E-state index contributed by atoms with van der Waals surface area (Å²) in [7, 11) is 0. The third-order valence-corrected chi connectivity index (χ3v) is 3.51. The Morgan fingerprint density at radius 3 is 2.76 bits per heavy atom. The van der Waals surface area contributed by atoms with Crippen LogP contribution in [0.15, 0.2) is 39.7 Å². The number of nitrogens with one attached hydrogen (secondary N) is 1. The van der Waals surface area contributed by atoms with Gasteiger partial charge < -0.3 is 5.32 Å². The Hall–Kier alpha value is -1.69. The highest BCUT2D eigenvalue weighted by molar-refractivity contribution is 9.10. The van der Waals surface area contributed by atoms with Crippen LogP contribution in [-0.2, 0) is 6.54 Å². The van der Waals surface area contributed by atoms with E-state index in [4.69, 9.17) is 0 Å². The van der Waals surface area contributed by atoms with E-state index in [9.17, 15) is 9.18 Å². The highest BCUT2D eigenvalue weighted by atomic mass is 79.9. The summed E-state index contributed by atoms with van der Waals surface area (Å²) in [6.45, 7) is 5.28. The average molecular weight is 354 g/mol. The number of nitrogens with zero attached hydrogens (tertiary/aromatic N) is 2. The van der Waals surface area contributed by atoms with Crippen molar-refractivity contribution >= 4 is 21.6 Å². The van der Waals surface area contributed by atoms with E-state index in [0.717, 1.165) is 12.1 Å². The Balaban J connectivity index is 2.13. The molecule has 1 heterocycles. The standard InChI is InChI=1S/C15H17BrFN3O/c1-10(2)7-18-12-6-15(21)20(19-8-12)9-11-3-4-14(17)13(16)5-11/h3-6,8,10,18H,7,9H2,1-2H3. The van der Waals surface area contributed by atoms with Crippen molar-refractivity contribution in [2.45, 2.75) is 20.4 Å². The molecule has 0 aliphatic heterocycles. The molecule has 2 aromatic rings. The molecule has 0 unspecified atom stereocenters. The first-order valence-electron chi connectivity index (χ1n) is 6.70. The van der Waals surface area contributed by atoms with Crippen LogP contribution >= 0.6 is 15.9 Å². The van der Waals surface area contributed by atoms with Crippen LogP contribution in [0.1, 0.15) is 19.4 Å². The lowest BCUT2D eigenvalue weighted by molar-refractivity contribution is 0.613. The number of benzene rings is 1. The Labute approximate surface area is 131 Å². The van der Waals surface area contributed by atoms with Gasteiger partial charge in [0.25, 0.3) is 5.56 Å². The molecule has 112 valence electrons. The van der Waals surface area contributed by atoms with Crippen molar-refractivity contribution in [2.24, 2.45) is 5.92 Å². The topological polar surface area (TPSA) is 46.9 Å². The van der Waals surface area contributed by atoms with Gasteiger partial charge in [-0.15, -0.1) is 0 Å². The summed E-state index contributed by atoms with van der Waals surface area (Å²) in [6.07, 6.45) is 1.63. The van der Waals surface area contributed by atoms with Crippen LogP contribution in [0.5, 0.6) is 0 Å². The first kappa shape index (κ1) is 15.7. The van der Waals surface area contributed by atoms with Gasteiger partial charge in [0.15, 0.2) is 0 Å². The Morgan fingerprint density at radius 1 is 1.38 bits per heavy atom. The quantitative estimate of drug-likeness (QED) is 0.897. The molecular weight excluding hydrogens is 337 g/mol. The maximum Gasteiger partial charge on any atom is 0.269 e. The number of hydrogen-bond acceptors (Lipinski definition) is 3. The summed E-state index contributed by atoms with van der Waals surface area (Å²) in [5.41, 5.74) is 1.33. The molecule has 1 aromatic heterocycles. The van der Waals surface area contributed by atoms with Crippen LogP contribution in [0.25, 0.3) is 0 Å². The molecular formula is C15H17BrFN3O. The predicted octanol–water partition coefficient (Wildman–Crippen LogP) is 3.26. The summed E-state index contributed by atoms with van der Waals surface area (Å²) in [6, 6.07) is 6.17. The van der Waals surface area contributed by atoms with Crippen molar-refractivity contribution in [1.29, 1.82) is 0 Å². The maximum atomic E-state index is 13.2. The molecule has 0 atom stereocenters. The molecule has 0 aliphatic rings. The number of anilines is 1. The van der Waals surface area contributed by atoms with E-state index in [0.29, 0.717) is 22.6 Å². The normalized spacial score (nSPS) is 10.9. The molecule has 1 N–H and O–H groups in total. The Bertz CT molecular complexity index is 685. The third kappa shape index (κ3) is 4.39. The van der Waals surface area contributed by atoms with E-state index in [1.807, 2.05) is 0 Å². The van der Waals surface area contributed by atoms with Crippen LogP contribution in [0.4, 0.5) is 10.1 Å². The van der Waals surface area contributed by atoms with Crippen molar-refractivity contribution in [2.75, 3.05) is 11.9 Å². The first-order chi connectivity index (χ1) is 9.95. The minimum atomic E-state index is -0.327. The molecule has 1 aromatic carbocycles. The third-order valence-electron chi connectivity index (χ3n) is 2.90. The SMILES string of the molecule is CC(C)CNc1cnn(Cc2ccc(F)c(Br)c2)c(=O)c1. The van der Waals surface area contributed by atoms with Crippen LogP contribution in [-0.4, -0.2) is 16.3 Å². The first-order valence-corrected chi connectivity index (χ1v) is 7.50. The lowest BCUT2D eigenvalue weighted by Crippen LogP contribution is -2.23. The number of aromatic nitrogens is 2. The second-order valence-corrected chi connectivity index (χ2v) is 6.12. The molecule has 0 radical (unpaired) electrons. The summed E-state index contributed by atoms with van der Waals surface area (Å²) in [5.74, 6) is 0.163. The Morgan fingerprint density at radius 2 is 2.14 bits per heavy atom. The summed E-state index contributed by atoms with van der Waals surface area (Å²) >= 11 is 3.13. The zero-order chi connectivity index (χ0) is 15.4. The van der Waals surface area contributed by atoms with E-state index in [1.165, 1.54) is 16.8 Å². The van der Waals surface area contributed by atoms with E-state index >= 15 is 0 Å². The van der Waals surface area contributed by atoms with Gasteiger partial charge in [0.2, 0.25) is 0 Å². The van der Waals surface area contributed by atoms with E-state index in [-0.39, 0.29) is 11.4 Å². The molecule has 2 rings (SSSR count).